The molecular formula is C16H17F2NO. The monoisotopic (exact) mass is 277 g/mol. The predicted octanol–water partition coefficient (Wildman–Crippen LogP) is 3.57. The third-order valence-electron chi connectivity index (χ3n) is 3.11. The van der Waals surface area contributed by atoms with E-state index < -0.39 is 11.6 Å². The van der Waals surface area contributed by atoms with Gasteiger partial charge in [0.25, 0.3) is 0 Å². The van der Waals surface area contributed by atoms with E-state index in [1.807, 2.05) is 25.1 Å². The fourth-order valence-corrected chi connectivity index (χ4v) is 2.07. The lowest BCUT2D eigenvalue weighted by molar-refractivity contribution is 0.411. The van der Waals surface area contributed by atoms with Crippen molar-refractivity contribution >= 4 is 0 Å². The molecule has 106 valence electrons. The van der Waals surface area contributed by atoms with Crippen LogP contribution in [-0.2, 0) is 13.1 Å². The molecule has 0 fully saturated rings. The molecule has 0 amide bonds. The van der Waals surface area contributed by atoms with E-state index in [-0.39, 0.29) is 6.54 Å². The molecule has 0 bridgehead atoms. The summed E-state index contributed by atoms with van der Waals surface area (Å²) < 4.78 is 31.7. The highest BCUT2D eigenvalue weighted by Crippen LogP contribution is 2.18. The Morgan fingerprint density at radius 1 is 1.05 bits per heavy atom. The highest BCUT2D eigenvalue weighted by Gasteiger charge is 2.04. The van der Waals surface area contributed by atoms with Gasteiger partial charge in [-0.1, -0.05) is 12.1 Å². The Morgan fingerprint density at radius 2 is 1.85 bits per heavy atom. The highest BCUT2D eigenvalue weighted by atomic mass is 19.1. The first-order valence-electron chi connectivity index (χ1n) is 6.38. The van der Waals surface area contributed by atoms with E-state index in [1.165, 1.54) is 6.07 Å². The second-order valence-corrected chi connectivity index (χ2v) is 4.64. The normalized spacial score (nSPS) is 10.6. The maximum absolute atomic E-state index is 13.4. The summed E-state index contributed by atoms with van der Waals surface area (Å²) >= 11 is 0. The van der Waals surface area contributed by atoms with Crippen molar-refractivity contribution in [3.8, 4) is 5.75 Å². The van der Waals surface area contributed by atoms with Crippen LogP contribution in [0, 0.1) is 18.6 Å². The zero-order chi connectivity index (χ0) is 14.5. The van der Waals surface area contributed by atoms with E-state index in [0.717, 1.165) is 29.0 Å². The molecule has 0 heterocycles. The van der Waals surface area contributed by atoms with Crippen molar-refractivity contribution in [2.75, 3.05) is 7.11 Å². The van der Waals surface area contributed by atoms with Crippen molar-refractivity contribution < 1.29 is 13.5 Å². The maximum Gasteiger partial charge on any atom is 0.127 e. The van der Waals surface area contributed by atoms with Gasteiger partial charge in [-0.2, -0.15) is 0 Å². The fraction of sp³-hybridized carbons (Fsp3) is 0.250. The van der Waals surface area contributed by atoms with Gasteiger partial charge in [-0.25, -0.2) is 8.78 Å². The van der Waals surface area contributed by atoms with Crippen molar-refractivity contribution in [3.63, 3.8) is 0 Å². The summed E-state index contributed by atoms with van der Waals surface area (Å²) in [6.45, 7) is 2.84. The minimum absolute atomic E-state index is 0.286. The van der Waals surface area contributed by atoms with Crippen LogP contribution in [0.3, 0.4) is 0 Å². The van der Waals surface area contributed by atoms with Gasteiger partial charge in [0.2, 0.25) is 0 Å². The summed E-state index contributed by atoms with van der Waals surface area (Å²) in [5.74, 6) is 0.0122. The number of methoxy groups -OCH3 is 1. The largest absolute Gasteiger partial charge is 0.496 e. The molecule has 4 heteroatoms. The number of rotatable bonds is 5. The number of nitrogens with one attached hydrogen (secondary N) is 1. The van der Waals surface area contributed by atoms with E-state index in [4.69, 9.17) is 4.74 Å². The van der Waals surface area contributed by atoms with Crippen LogP contribution in [0.15, 0.2) is 36.4 Å². The van der Waals surface area contributed by atoms with E-state index in [9.17, 15) is 8.78 Å². The molecule has 0 aromatic heterocycles. The fourth-order valence-electron chi connectivity index (χ4n) is 2.07. The quantitative estimate of drug-likeness (QED) is 0.902. The van der Waals surface area contributed by atoms with Crippen molar-refractivity contribution in [2.45, 2.75) is 20.0 Å². The maximum atomic E-state index is 13.4. The van der Waals surface area contributed by atoms with Gasteiger partial charge in [0, 0.05) is 18.7 Å². The summed E-state index contributed by atoms with van der Waals surface area (Å²) in [6, 6.07) is 9.32. The zero-order valence-electron chi connectivity index (χ0n) is 11.5. The van der Waals surface area contributed by atoms with E-state index >= 15 is 0 Å². The van der Waals surface area contributed by atoms with Crippen LogP contribution in [0.1, 0.15) is 16.7 Å². The lowest BCUT2D eigenvalue weighted by Crippen LogP contribution is -2.14. The van der Waals surface area contributed by atoms with Gasteiger partial charge in [-0.05, 0) is 42.3 Å². The first-order chi connectivity index (χ1) is 9.60. The number of benzene rings is 2. The van der Waals surface area contributed by atoms with Crippen LogP contribution in [0.2, 0.25) is 0 Å². The minimum Gasteiger partial charge on any atom is -0.496 e. The van der Waals surface area contributed by atoms with Crippen molar-refractivity contribution in [2.24, 2.45) is 0 Å². The van der Waals surface area contributed by atoms with Gasteiger partial charge in [-0.15, -0.1) is 0 Å². The zero-order valence-corrected chi connectivity index (χ0v) is 11.5. The summed E-state index contributed by atoms with van der Waals surface area (Å²) in [4.78, 5) is 0. The number of aryl methyl sites for hydroxylation is 1. The summed E-state index contributed by atoms with van der Waals surface area (Å²) in [6.07, 6.45) is 0. The molecule has 0 aliphatic carbocycles. The van der Waals surface area contributed by atoms with Crippen LogP contribution < -0.4 is 10.1 Å². The first kappa shape index (κ1) is 14.5. The third kappa shape index (κ3) is 3.54. The third-order valence-corrected chi connectivity index (χ3v) is 3.11. The van der Waals surface area contributed by atoms with Gasteiger partial charge >= 0.3 is 0 Å². The molecule has 2 nitrogen and oxygen atoms in total. The molecular weight excluding hydrogens is 260 g/mol. The Kier molecular flexibility index (Phi) is 4.69. The number of ether oxygens (including phenoxy) is 1. The standard InChI is InChI=1S/C16H17F2NO/c1-11-7-12(3-6-16(11)20-2)9-19-10-13-8-14(17)4-5-15(13)18/h3-8,19H,9-10H2,1-2H3. The van der Waals surface area contributed by atoms with Crippen LogP contribution in [0.4, 0.5) is 8.78 Å². The molecule has 2 aromatic rings. The molecule has 0 saturated heterocycles. The molecule has 20 heavy (non-hydrogen) atoms. The van der Waals surface area contributed by atoms with Crippen LogP contribution >= 0.6 is 0 Å². The Bertz CT molecular complexity index is 599. The van der Waals surface area contributed by atoms with Gasteiger partial charge in [-0.3, -0.25) is 0 Å². The summed E-state index contributed by atoms with van der Waals surface area (Å²) in [5, 5.41) is 3.10. The Labute approximate surface area is 117 Å². The molecule has 2 rings (SSSR count). The molecule has 0 aliphatic heterocycles. The van der Waals surface area contributed by atoms with E-state index in [0.29, 0.717) is 12.1 Å². The van der Waals surface area contributed by atoms with Crippen molar-refractivity contribution in [1.29, 1.82) is 0 Å². The number of hydrogen-bond donors (Lipinski definition) is 1. The second kappa shape index (κ2) is 6.48. The second-order valence-electron chi connectivity index (χ2n) is 4.64. The van der Waals surface area contributed by atoms with Crippen LogP contribution in [0.25, 0.3) is 0 Å². The van der Waals surface area contributed by atoms with Crippen LogP contribution in [0.5, 0.6) is 5.75 Å². The van der Waals surface area contributed by atoms with Crippen molar-refractivity contribution in [3.05, 3.63) is 64.7 Å². The Hall–Kier alpha value is -1.94. The van der Waals surface area contributed by atoms with Gasteiger partial charge in [0.05, 0.1) is 7.11 Å². The minimum atomic E-state index is -0.427. The molecule has 0 unspecified atom stereocenters. The summed E-state index contributed by atoms with van der Waals surface area (Å²) in [5.41, 5.74) is 2.44. The average molecular weight is 277 g/mol. The van der Waals surface area contributed by atoms with Gasteiger partial charge in [0.1, 0.15) is 17.4 Å². The topological polar surface area (TPSA) is 21.3 Å². The number of hydrogen-bond acceptors (Lipinski definition) is 2. The van der Waals surface area contributed by atoms with Crippen LogP contribution in [-0.4, -0.2) is 7.11 Å². The lowest BCUT2D eigenvalue weighted by Gasteiger charge is -2.09. The van der Waals surface area contributed by atoms with E-state index in [1.54, 1.807) is 7.11 Å². The molecule has 0 saturated carbocycles. The molecule has 0 atom stereocenters. The molecule has 0 aliphatic rings. The van der Waals surface area contributed by atoms with Crippen molar-refractivity contribution in [1.82, 2.24) is 5.32 Å². The average Bonchev–Trinajstić information content (AvgIpc) is 2.43. The highest BCUT2D eigenvalue weighted by molar-refractivity contribution is 5.36. The smallest absolute Gasteiger partial charge is 0.127 e. The van der Waals surface area contributed by atoms with Gasteiger partial charge in [0.15, 0.2) is 0 Å². The SMILES string of the molecule is COc1ccc(CNCc2cc(F)ccc2F)cc1C. The lowest BCUT2D eigenvalue weighted by atomic mass is 10.1. The molecule has 0 spiro atoms. The molecule has 2 aromatic carbocycles. The van der Waals surface area contributed by atoms with Gasteiger partial charge < -0.3 is 10.1 Å². The molecule has 1 N–H and O–H groups in total. The number of halogens is 2. The summed E-state index contributed by atoms with van der Waals surface area (Å²) in [7, 11) is 1.63. The Balaban J connectivity index is 1.96. The molecule has 0 radical (unpaired) electrons. The Morgan fingerprint density at radius 3 is 2.55 bits per heavy atom. The van der Waals surface area contributed by atoms with E-state index in [2.05, 4.69) is 5.32 Å². The predicted molar refractivity (Wildman–Crippen MR) is 74.6 cm³/mol. The first-order valence-corrected chi connectivity index (χ1v) is 6.38.